The van der Waals surface area contributed by atoms with E-state index in [4.69, 9.17) is 5.11 Å². The van der Waals surface area contributed by atoms with Crippen LogP contribution in [0.15, 0.2) is 60.7 Å². The molecule has 0 aromatic heterocycles. The quantitative estimate of drug-likeness (QED) is 0.803. The van der Waals surface area contributed by atoms with Gasteiger partial charge >= 0.3 is 5.97 Å². The molecule has 0 radical (unpaired) electrons. The van der Waals surface area contributed by atoms with Crippen LogP contribution in [0.25, 0.3) is 0 Å². The van der Waals surface area contributed by atoms with E-state index in [1.165, 1.54) is 0 Å². The number of benzene rings is 2. The first-order valence-electron chi connectivity index (χ1n) is 9.37. The lowest BCUT2D eigenvalue weighted by molar-refractivity contribution is -0.143. The van der Waals surface area contributed by atoms with Crippen molar-refractivity contribution in [2.45, 2.75) is 18.9 Å². The number of halogens is 1. The smallest absolute Gasteiger partial charge is 0.306 e. The number of piperidine rings is 1. The summed E-state index contributed by atoms with van der Waals surface area (Å²) >= 11 is 0. The number of nitrogens with zero attached hydrogens (tertiary/aromatic N) is 2. The van der Waals surface area contributed by atoms with Gasteiger partial charge in [0.05, 0.1) is 18.5 Å². The van der Waals surface area contributed by atoms with Crippen LogP contribution in [0.4, 0.5) is 0 Å². The van der Waals surface area contributed by atoms with Gasteiger partial charge in [0.15, 0.2) is 0 Å². The Balaban J connectivity index is 0.00000280. The van der Waals surface area contributed by atoms with E-state index in [-0.39, 0.29) is 30.3 Å². The van der Waals surface area contributed by atoms with Gasteiger partial charge in [0.25, 0.3) is 0 Å². The predicted octanol–water partition coefficient (Wildman–Crippen LogP) is 3.45. The second kappa shape index (κ2) is 10.2. The zero-order valence-corrected chi connectivity index (χ0v) is 16.8. The highest BCUT2D eigenvalue weighted by Crippen LogP contribution is 2.28. The van der Waals surface area contributed by atoms with Crippen LogP contribution in [-0.2, 0) is 9.59 Å². The maximum absolute atomic E-state index is 13.0. The molecule has 3 rings (SSSR count). The van der Waals surface area contributed by atoms with Crippen molar-refractivity contribution in [2.75, 3.05) is 26.7 Å². The second-order valence-corrected chi connectivity index (χ2v) is 7.12. The highest BCUT2D eigenvalue weighted by atomic mass is 35.5. The molecular weight excluding hydrogens is 376 g/mol. The first-order chi connectivity index (χ1) is 13.1. The second-order valence-electron chi connectivity index (χ2n) is 7.12. The van der Waals surface area contributed by atoms with E-state index in [1.807, 2.05) is 67.7 Å². The number of carbonyl (C=O) groups is 2. The average molecular weight is 403 g/mol. The Morgan fingerprint density at radius 1 is 1.00 bits per heavy atom. The van der Waals surface area contributed by atoms with Crippen LogP contribution in [0, 0.1) is 5.92 Å². The Labute approximate surface area is 172 Å². The molecule has 0 atom stereocenters. The Bertz CT molecular complexity index is 722. The number of likely N-dealkylation sites (N-methyl/N-ethyl adjacent to an activating group) is 1. The first kappa shape index (κ1) is 21.9. The average Bonchev–Trinajstić information content (AvgIpc) is 2.70. The number of hydrogen-bond donors (Lipinski definition) is 1. The normalized spacial score (nSPS) is 15.1. The van der Waals surface area contributed by atoms with Crippen LogP contribution < -0.4 is 0 Å². The van der Waals surface area contributed by atoms with Gasteiger partial charge in [-0.15, -0.1) is 12.4 Å². The molecule has 1 aliphatic rings. The van der Waals surface area contributed by atoms with Crippen molar-refractivity contribution in [2.24, 2.45) is 5.92 Å². The summed E-state index contributed by atoms with van der Waals surface area (Å²) < 4.78 is 0. The molecule has 150 valence electrons. The zero-order valence-electron chi connectivity index (χ0n) is 16.0. The number of rotatable bonds is 6. The van der Waals surface area contributed by atoms with Crippen LogP contribution in [0.1, 0.15) is 30.0 Å². The van der Waals surface area contributed by atoms with Crippen molar-refractivity contribution < 1.29 is 14.7 Å². The zero-order chi connectivity index (χ0) is 19.2. The lowest BCUT2D eigenvalue weighted by Gasteiger charge is -2.34. The van der Waals surface area contributed by atoms with E-state index in [1.54, 1.807) is 4.90 Å². The number of carboxylic acids is 1. The predicted molar refractivity (Wildman–Crippen MR) is 112 cm³/mol. The van der Waals surface area contributed by atoms with Crippen molar-refractivity contribution in [3.8, 4) is 0 Å². The molecule has 0 bridgehead atoms. The monoisotopic (exact) mass is 402 g/mol. The van der Waals surface area contributed by atoms with Crippen molar-refractivity contribution in [3.63, 3.8) is 0 Å². The third kappa shape index (κ3) is 5.33. The molecule has 2 aromatic rings. The van der Waals surface area contributed by atoms with Crippen molar-refractivity contribution in [1.29, 1.82) is 0 Å². The molecule has 0 saturated carbocycles. The van der Waals surface area contributed by atoms with Crippen LogP contribution in [-0.4, -0.2) is 53.5 Å². The molecule has 1 N–H and O–H groups in total. The SMILES string of the molecule is CN(C(=O)CN1CCC(C(=O)O)CC1)C(c1ccccc1)c1ccccc1.Cl. The van der Waals surface area contributed by atoms with Gasteiger partial charge < -0.3 is 10.0 Å². The highest BCUT2D eigenvalue weighted by molar-refractivity contribution is 5.85. The summed E-state index contributed by atoms with van der Waals surface area (Å²) in [5.74, 6) is -0.969. The van der Waals surface area contributed by atoms with E-state index in [2.05, 4.69) is 4.90 Å². The molecule has 1 amide bonds. The van der Waals surface area contributed by atoms with E-state index in [0.29, 0.717) is 32.5 Å². The number of amides is 1. The minimum absolute atomic E-state index is 0. The number of aliphatic carboxylic acids is 1. The highest BCUT2D eigenvalue weighted by Gasteiger charge is 2.28. The molecule has 1 saturated heterocycles. The van der Waals surface area contributed by atoms with Gasteiger partial charge in [0, 0.05) is 7.05 Å². The Morgan fingerprint density at radius 2 is 1.46 bits per heavy atom. The molecule has 0 spiro atoms. The molecular formula is C22H27ClN2O3. The summed E-state index contributed by atoms with van der Waals surface area (Å²) in [5, 5.41) is 9.13. The van der Waals surface area contributed by atoms with Crippen molar-refractivity contribution in [1.82, 2.24) is 9.80 Å². The fourth-order valence-electron chi connectivity index (χ4n) is 3.70. The number of carboxylic acid groups (broad SMARTS) is 1. The van der Waals surface area contributed by atoms with Gasteiger partial charge in [-0.1, -0.05) is 60.7 Å². The van der Waals surface area contributed by atoms with E-state index in [0.717, 1.165) is 11.1 Å². The maximum atomic E-state index is 13.0. The van der Waals surface area contributed by atoms with Gasteiger partial charge in [-0.05, 0) is 37.1 Å². The van der Waals surface area contributed by atoms with Crippen LogP contribution in [0.5, 0.6) is 0 Å². The van der Waals surface area contributed by atoms with Crippen LogP contribution in [0.2, 0.25) is 0 Å². The number of likely N-dealkylation sites (tertiary alicyclic amines) is 1. The van der Waals surface area contributed by atoms with E-state index in [9.17, 15) is 9.59 Å². The fourth-order valence-corrected chi connectivity index (χ4v) is 3.70. The Kier molecular flexibility index (Phi) is 8.03. The largest absolute Gasteiger partial charge is 0.481 e. The van der Waals surface area contributed by atoms with Gasteiger partial charge in [-0.2, -0.15) is 0 Å². The number of hydrogen-bond acceptors (Lipinski definition) is 3. The molecule has 1 heterocycles. The van der Waals surface area contributed by atoms with Crippen molar-refractivity contribution in [3.05, 3.63) is 71.8 Å². The third-order valence-electron chi connectivity index (χ3n) is 5.31. The Morgan fingerprint density at radius 3 is 1.89 bits per heavy atom. The van der Waals surface area contributed by atoms with Gasteiger partial charge in [-0.3, -0.25) is 14.5 Å². The minimum atomic E-state index is -0.730. The summed E-state index contributed by atoms with van der Waals surface area (Å²) in [4.78, 5) is 27.9. The standard InChI is InChI=1S/C22H26N2O3.ClH/c1-23(20(25)16-24-14-12-19(13-15-24)22(26)27)21(17-8-4-2-5-9-17)18-10-6-3-7-11-18;/h2-11,19,21H,12-16H2,1H3,(H,26,27);1H. The minimum Gasteiger partial charge on any atom is -0.481 e. The van der Waals surface area contributed by atoms with Gasteiger partial charge in [-0.25, -0.2) is 0 Å². The van der Waals surface area contributed by atoms with Crippen LogP contribution in [0.3, 0.4) is 0 Å². The molecule has 5 nitrogen and oxygen atoms in total. The maximum Gasteiger partial charge on any atom is 0.306 e. The lowest BCUT2D eigenvalue weighted by Crippen LogP contribution is -2.44. The van der Waals surface area contributed by atoms with Gasteiger partial charge in [0.1, 0.15) is 0 Å². The number of carbonyl (C=O) groups excluding carboxylic acids is 1. The summed E-state index contributed by atoms with van der Waals surface area (Å²) in [6, 6.07) is 19.9. The molecule has 0 aliphatic carbocycles. The van der Waals surface area contributed by atoms with Gasteiger partial charge in [0.2, 0.25) is 5.91 Å². The van der Waals surface area contributed by atoms with Crippen LogP contribution >= 0.6 is 12.4 Å². The summed E-state index contributed by atoms with van der Waals surface area (Å²) in [7, 11) is 1.84. The summed E-state index contributed by atoms with van der Waals surface area (Å²) in [6.45, 7) is 1.62. The van der Waals surface area contributed by atoms with Crippen molar-refractivity contribution >= 4 is 24.3 Å². The molecule has 2 aromatic carbocycles. The first-order valence-corrected chi connectivity index (χ1v) is 9.37. The topological polar surface area (TPSA) is 60.9 Å². The molecule has 0 unspecified atom stereocenters. The molecule has 1 fully saturated rings. The fraction of sp³-hybridized carbons (Fsp3) is 0.364. The summed E-state index contributed by atoms with van der Waals surface area (Å²) in [5.41, 5.74) is 2.15. The molecule has 6 heteroatoms. The Hall–Kier alpha value is -2.37. The third-order valence-corrected chi connectivity index (χ3v) is 5.31. The lowest BCUT2D eigenvalue weighted by atomic mass is 9.96. The molecule has 1 aliphatic heterocycles. The van der Waals surface area contributed by atoms with E-state index < -0.39 is 5.97 Å². The molecule has 28 heavy (non-hydrogen) atoms. The summed E-state index contributed by atoms with van der Waals surface area (Å²) in [6.07, 6.45) is 1.21. The van der Waals surface area contributed by atoms with E-state index >= 15 is 0 Å².